The normalized spacial score (nSPS) is 17.0. The van der Waals surface area contributed by atoms with Crippen molar-refractivity contribution in [3.63, 3.8) is 0 Å². The van der Waals surface area contributed by atoms with Crippen LogP contribution in [0.3, 0.4) is 0 Å². The lowest BCUT2D eigenvalue weighted by Gasteiger charge is -2.24. The molecule has 2 heterocycles. The van der Waals surface area contributed by atoms with Gasteiger partial charge in [-0.1, -0.05) is 44.7 Å². The SMILES string of the molecule is Cl.OC(CN1CCCCCC1)Cn1c2ccc(Br)cc2c2cc(Br)ccc21. The van der Waals surface area contributed by atoms with Crippen molar-refractivity contribution in [2.45, 2.75) is 38.3 Å². The summed E-state index contributed by atoms with van der Waals surface area (Å²) in [6.45, 7) is 3.61. The summed E-state index contributed by atoms with van der Waals surface area (Å²) in [5.41, 5.74) is 2.35. The molecule has 0 saturated carbocycles. The van der Waals surface area contributed by atoms with E-state index in [4.69, 9.17) is 0 Å². The maximum absolute atomic E-state index is 10.8. The van der Waals surface area contributed by atoms with E-state index < -0.39 is 0 Å². The Labute approximate surface area is 183 Å². The van der Waals surface area contributed by atoms with Crippen molar-refractivity contribution in [2.24, 2.45) is 0 Å². The van der Waals surface area contributed by atoms with Crippen LogP contribution in [-0.2, 0) is 6.54 Å². The molecular weight excluding hydrogens is 492 g/mol. The minimum Gasteiger partial charge on any atom is -0.390 e. The highest BCUT2D eigenvalue weighted by atomic mass is 79.9. The van der Waals surface area contributed by atoms with Crippen LogP contribution < -0.4 is 0 Å². The van der Waals surface area contributed by atoms with Crippen LogP contribution in [0.4, 0.5) is 0 Å². The predicted molar refractivity (Wildman–Crippen MR) is 123 cm³/mol. The third-order valence-corrected chi connectivity index (χ3v) is 6.34. The van der Waals surface area contributed by atoms with Gasteiger partial charge in [-0.2, -0.15) is 0 Å². The highest BCUT2D eigenvalue weighted by Gasteiger charge is 2.17. The van der Waals surface area contributed by atoms with Crippen LogP contribution in [-0.4, -0.2) is 40.3 Å². The zero-order valence-corrected chi connectivity index (χ0v) is 19.2. The van der Waals surface area contributed by atoms with E-state index in [1.54, 1.807) is 0 Å². The first-order chi connectivity index (χ1) is 12.6. The Morgan fingerprint density at radius 3 is 1.85 bits per heavy atom. The van der Waals surface area contributed by atoms with E-state index in [9.17, 15) is 5.11 Å². The van der Waals surface area contributed by atoms with Crippen molar-refractivity contribution in [3.8, 4) is 0 Å². The van der Waals surface area contributed by atoms with Gasteiger partial charge in [0.05, 0.1) is 12.6 Å². The van der Waals surface area contributed by atoms with Crippen LogP contribution >= 0.6 is 44.3 Å². The van der Waals surface area contributed by atoms with Crippen molar-refractivity contribution >= 4 is 66.1 Å². The minimum absolute atomic E-state index is 0. The maximum Gasteiger partial charge on any atom is 0.0845 e. The molecule has 0 bridgehead atoms. The van der Waals surface area contributed by atoms with Gasteiger partial charge in [0, 0.05) is 37.3 Å². The van der Waals surface area contributed by atoms with Crippen molar-refractivity contribution in [1.82, 2.24) is 9.47 Å². The van der Waals surface area contributed by atoms with Gasteiger partial charge in [0.15, 0.2) is 0 Å². The Morgan fingerprint density at radius 1 is 0.815 bits per heavy atom. The Hall–Kier alpha value is -0.590. The summed E-state index contributed by atoms with van der Waals surface area (Å²) in [6.07, 6.45) is 4.79. The molecule has 1 aromatic heterocycles. The smallest absolute Gasteiger partial charge is 0.0845 e. The van der Waals surface area contributed by atoms with Gasteiger partial charge in [-0.3, -0.25) is 0 Å². The summed E-state index contributed by atoms with van der Waals surface area (Å²) in [4.78, 5) is 2.43. The Balaban J connectivity index is 0.00000210. The quantitative estimate of drug-likeness (QED) is 0.462. The highest BCUT2D eigenvalue weighted by Crippen LogP contribution is 2.33. The van der Waals surface area contributed by atoms with Gasteiger partial charge in [0.1, 0.15) is 0 Å². The third kappa shape index (κ3) is 4.70. The van der Waals surface area contributed by atoms with E-state index in [1.165, 1.54) is 47.5 Å². The molecule has 1 aliphatic rings. The number of aliphatic hydroxyl groups is 1. The first kappa shape index (κ1) is 21.1. The van der Waals surface area contributed by atoms with Crippen LogP contribution in [0.2, 0.25) is 0 Å². The van der Waals surface area contributed by atoms with Crippen LogP contribution in [0.15, 0.2) is 45.3 Å². The third-order valence-electron chi connectivity index (χ3n) is 5.35. The lowest BCUT2D eigenvalue weighted by Crippen LogP contribution is -2.35. The first-order valence-corrected chi connectivity index (χ1v) is 11.0. The molecule has 0 amide bonds. The van der Waals surface area contributed by atoms with E-state index in [2.05, 4.69) is 77.7 Å². The maximum atomic E-state index is 10.8. The Bertz CT molecular complexity index is 860. The molecular formula is C21H25Br2ClN2O. The highest BCUT2D eigenvalue weighted by molar-refractivity contribution is 9.10. The number of aliphatic hydroxyl groups excluding tert-OH is 1. The monoisotopic (exact) mass is 514 g/mol. The largest absolute Gasteiger partial charge is 0.390 e. The molecule has 1 N–H and O–H groups in total. The number of nitrogens with zero attached hydrogens (tertiary/aromatic N) is 2. The van der Waals surface area contributed by atoms with Gasteiger partial charge < -0.3 is 14.6 Å². The van der Waals surface area contributed by atoms with E-state index in [0.29, 0.717) is 6.54 Å². The fourth-order valence-electron chi connectivity index (χ4n) is 4.13. The summed E-state index contributed by atoms with van der Waals surface area (Å²) >= 11 is 7.19. The summed E-state index contributed by atoms with van der Waals surface area (Å²) in [7, 11) is 0. The number of likely N-dealkylation sites (tertiary alicyclic amines) is 1. The van der Waals surface area contributed by atoms with Gasteiger partial charge >= 0.3 is 0 Å². The van der Waals surface area contributed by atoms with E-state index in [0.717, 1.165) is 28.6 Å². The second-order valence-electron chi connectivity index (χ2n) is 7.30. The number of hydrogen-bond donors (Lipinski definition) is 1. The number of benzene rings is 2. The molecule has 1 atom stereocenters. The number of aromatic nitrogens is 1. The topological polar surface area (TPSA) is 28.4 Å². The molecule has 1 fully saturated rings. The molecule has 0 radical (unpaired) electrons. The summed E-state index contributed by atoms with van der Waals surface area (Å²) < 4.78 is 4.43. The predicted octanol–water partition coefficient (Wildman–Crippen LogP) is 5.98. The molecule has 4 rings (SSSR count). The zero-order chi connectivity index (χ0) is 18.1. The number of β-amino-alcohol motifs (C(OH)–C–C–N with tert-alkyl or cyclic N) is 1. The molecule has 6 heteroatoms. The van der Waals surface area contributed by atoms with Crippen LogP contribution in [0.5, 0.6) is 0 Å². The van der Waals surface area contributed by atoms with Gasteiger partial charge in [-0.05, 0) is 62.3 Å². The first-order valence-electron chi connectivity index (χ1n) is 9.39. The molecule has 1 saturated heterocycles. The van der Waals surface area contributed by atoms with E-state index in [1.807, 2.05) is 0 Å². The van der Waals surface area contributed by atoms with Crippen molar-refractivity contribution in [3.05, 3.63) is 45.3 Å². The number of hydrogen-bond acceptors (Lipinski definition) is 2. The second-order valence-corrected chi connectivity index (χ2v) is 9.13. The Kier molecular flexibility index (Phi) is 7.25. The lowest BCUT2D eigenvalue weighted by atomic mass is 10.2. The molecule has 27 heavy (non-hydrogen) atoms. The lowest BCUT2D eigenvalue weighted by molar-refractivity contribution is 0.102. The van der Waals surface area contributed by atoms with E-state index in [-0.39, 0.29) is 18.5 Å². The molecule has 1 unspecified atom stereocenters. The van der Waals surface area contributed by atoms with Gasteiger partial charge in [-0.15, -0.1) is 12.4 Å². The molecule has 1 aliphatic heterocycles. The molecule has 2 aromatic carbocycles. The number of halogens is 3. The van der Waals surface area contributed by atoms with Gasteiger partial charge in [-0.25, -0.2) is 0 Å². The van der Waals surface area contributed by atoms with Gasteiger partial charge in [0.2, 0.25) is 0 Å². The standard InChI is InChI=1S/C21H24Br2N2O.ClH/c22-15-5-7-20-18(11-15)19-12-16(23)6-8-21(19)25(20)14-17(26)13-24-9-3-1-2-4-10-24;/h5-8,11-12,17,26H,1-4,9-10,13-14H2;1H. The average Bonchev–Trinajstić information content (AvgIpc) is 2.77. The summed E-state index contributed by atoms with van der Waals surface area (Å²) in [5, 5.41) is 13.3. The molecule has 3 aromatic rings. The Morgan fingerprint density at radius 2 is 1.33 bits per heavy atom. The minimum atomic E-state index is -0.362. The van der Waals surface area contributed by atoms with Crippen LogP contribution in [0.25, 0.3) is 21.8 Å². The zero-order valence-electron chi connectivity index (χ0n) is 15.2. The molecule has 146 valence electrons. The van der Waals surface area contributed by atoms with Crippen LogP contribution in [0.1, 0.15) is 25.7 Å². The van der Waals surface area contributed by atoms with Crippen LogP contribution in [0, 0.1) is 0 Å². The second kappa shape index (κ2) is 9.27. The van der Waals surface area contributed by atoms with Crippen molar-refractivity contribution in [1.29, 1.82) is 0 Å². The molecule has 3 nitrogen and oxygen atoms in total. The van der Waals surface area contributed by atoms with Crippen molar-refractivity contribution < 1.29 is 5.11 Å². The number of rotatable bonds is 4. The molecule has 0 aliphatic carbocycles. The average molecular weight is 517 g/mol. The summed E-state index contributed by atoms with van der Waals surface area (Å²) in [5.74, 6) is 0. The van der Waals surface area contributed by atoms with E-state index >= 15 is 0 Å². The number of fused-ring (bicyclic) bond motifs is 3. The molecule has 0 spiro atoms. The van der Waals surface area contributed by atoms with Crippen molar-refractivity contribution in [2.75, 3.05) is 19.6 Å². The fraction of sp³-hybridized carbons (Fsp3) is 0.429. The fourth-order valence-corrected chi connectivity index (χ4v) is 4.85. The summed E-state index contributed by atoms with van der Waals surface area (Å²) in [6, 6.07) is 12.8. The van der Waals surface area contributed by atoms with Gasteiger partial charge in [0.25, 0.3) is 0 Å².